The summed E-state index contributed by atoms with van der Waals surface area (Å²) in [5, 5.41) is 27.9. The summed E-state index contributed by atoms with van der Waals surface area (Å²) in [5.41, 5.74) is 0. The van der Waals surface area contributed by atoms with Crippen molar-refractivity contribution in [1.82, 2.24) is 0 Å². The smallest absolute Gasteiger partial charge is 0.111 e. The number of thiol groups is 1. The maximum atomic E-state index is 9.34. The van der Waals surface area contributed by atoms with Gasteiger partial charge in [-0.05, 0) is 6.92 Å². The van der Waals surface area contributed by atoms with Crippen molar-refractivity contribution in [2.45, 2.75) is 37.4 Å². The maximum Gasteiger partial charge on any atom is 0.111 e. The molecule has 0 bridgehead atoms. The fraction of sp³-hybridized carbons (Fsp3) is 1.00. The first-order valence-electron chi connectivity index (χ1n) is 3.88. The van der Waals surface area contributed by atoms with Gasteiger partial charge in [-0.25, -0.2) is 0 Å². The van der Waals surface area contributed by atoms with Gasteiger partial charge >= 0.3 is 0 Å². The third-order valence-electron chi connectivity index (χ3n) is 2.13. The first-order valence-corrected chi connectivity index (χ1v) is 4.51. The Morgan fingerprint density at radius 1 is 1.17 bits per heavy atom. The van der Waals surface area contributed by atoms with Crippen molar-refractivity contribution in [3.8, 4) is 0 Å². The van der Waals surface area contributed by atoms with Crippen LogP contribution in [0.5, 0.6) is 0 Å². The quantitative estimate of drug-likeness (QED) is 0.395. The number of hydrogen-bond acceptors (Lipinski definition) is 5. The van der Waals surface area contributed by atoms with Crippen LogP contribution in [0.15, 0.2) is 0 Å². The van der Waals surface area contributed by atoms with Crippen LogP contribution in [0, 0.1) is 0 Å². The Labute approximate surface area is 76.6 Å². The summed E-state index contributed by atoms with van der Waals surface area (Å²) in [4.78, 5) is 0. The molecule has 12 heavy (non-hydrogen) atoms. The van der Waals surface area contributed by atoms with Gasteiger partial charge in [-0.1, -0.05) is 0 Å². The molecular formula is C7H14O4S. The van der Waals surface area contributed by atoms with Crippen LogP contribution in [0.2, 0.25) is 0 Å². The molecule has 0 aromatic carbocycles. The van der Waals surface area contributed by atoms with Crippen molar-refractivity contribution < 1.29 is 20.1 Å². The Balaban J connectivity index is 2.63. The van der Waals surface area contributed by atoms with E-state index in [1.165, 1.54) is 0 Å². The summed E-state index contributed by atoms with van der Waals surface area (Å²) < 4.78 is 5.19. The van der Waals surface area contributed by atoms with Crippen molar-refractivity contribution >= 4 is 12.6 Å². The second-order valence-electron chi connectivity index (χ2n) is 3.03. The zero-order valence-electron chi connectivity index (χ0n) is 6.79. The zero-order chi connectivity index (χ0) is 9.30. The largest absolute Gasteiger partial charge is 0.388 e. The lowest BCUT2D eigenvalue weighted by Gasteiger charge is -2.38. The maximum absolute atomic E-state index is 9.34. The number of hydrogen-bond donors (Lipinski definition) is 4. The van der Waals surface area contributed by atoms with Gasteiger partial charge in [0.25, 0.3) is 0 Å². The molecule has 4 nitrogen and oxygen atoms in total. The normalized spacial score (nSPS) is 49.2. The van der Waals surface area contributed by atoms with E-state index in [1.54, 1.807) is 6.92 Å². The standard InChI is InChI=1S/C7H14O4S/c1-3-5(8)7(10)6(9)4(2-12)11-3/h3-10,12H,2H2,1H3/t3-,4?,5?,6+,7?/m0/s1. The monoisotopic (exact) mass is 194 g/mol. The van der Waals surface area contributed by atoms with Gasteiger partial charge in [0.1, 0.15) is 18.3 Å². The van der Waals surface area contributed by atoms with Crippen LogP contribution in [-0.4, -0.2) is 51.6 Å². The molecule has 1 aliphatic rings. The molecule has 1 saturated heterocycles. The molecule has 1 fully saturated rings. The van der Waals surface area contributed by atoms with E-state index in [-0.39, 0.29) is 0 Å². The van der Waals surface area contributed by atoms with Gasteiger partial charge in [0.2, 0.25) is 0 Å². The van der Waals surface area contributed by atoms with Crippen molar-refractivity contribution in [2.75, 3.05) is 5.75 Å². The van der Waals surface area contributed by atoms with Gasteiger partial charge < -0.3 is 20.1 Å². The highest BCUT2D eigenvalue weighted by Crippen LogP contribution is 2.21. The molecule has 5 atom stereocenters. The van der Waals surface area contributed by atoms with Gasteiger partial charge in [-0.3, -0.25) is 0 Å². The molecule has 1 aliphatic heterocycles. The van der Waals surface area contributed by atoms with Gasteiger partial charge in [-0.2, -0.15) is 12.6 Å². The summed E-state index contributed by atoms with van der Waals surface area (Å²) in [6.07, 6.45) is -4.15. The average molecular weight is 194 g/mol. The van der Waals surface area contributed by atoms with E-state index >= 15 is 0 Å². The molecule has 0 aromatic heterocycles. The minimum Gasteiger partial charge on any atom is -0.388 e. The van der Waals surface area contributed by atoms with Crippen molar-refractivity contribution in [3.63, 3.8) is 0 Å². The molecule has 5 heteroatoms. The first kappa shape index (κ1) is 10.3. The Bertz CT molecular complexity index is 150. The molecule has 1 heterocycles. The van der Waals surface area contributed by atoms with Crippen LogP contribution in [0.3, 0.4) is 0 Å². The fourth-order valence-electron chi connectivity index (χ4n) is 1.29. The predicted molar refractivity (Wildman–Crippen MR) is 46.2 cm³/mol. The highest BCUT2D eigenvalue weighted by atomic mass is 32.1. The number of aliphatic hydroxyl groups excluding tert-OH is 3. The SMILES string of the molecule is C[C@@H]1OC(CS)[C@@H](O)C(O)C1O. The summed E-state index contributed by atoms with van der Waals surface area (Å²) in [5.74, 6) is 0.329. The van der Waals surface area contributed by atoms with Crippen LogP contribution in [0.25, 0.3) is 0 Å². The van der Waals surface area contributed by atoms with Crippen molar-refractivity contribution in [1.29, 1.82) is 0 Å². The zero-order valence-corrected chi connectivity index (χ0v) is 7.69. The van der Waals surface area contributed by atoms with Crippen LogP contribution in [0.4, 0.5) is 0 Å². The minimum absolute atomic E-state index is 0.329. The third-order valence-corrected chi connectivity index (χ3v) is 2.49. The summed E-state index contributed by atoms with van der Waals surface area (Å²) >= 11 is 3.96. The molecule has 3 unspecified atom stereocenters. The fourth-order valence-corrected chi connectivity index (χ4v) is 1.59. The van der Waals surface area contributed by atoms with Crippen LogP contribution in [0.1, 0.15) is 6.92 Å². The van der Waals surface area contributed by atoms with Crippen LogP contribution >= 0.6 is 12.6 Å². The Morgan fingerprint density at radius 3 is 2.25 bits per heavy atom. The summed E-state index contributed by atoms with van der Waals surface area (Å²) in [6.45, 7) is 1.65. The van der Waals surface area contributed by atoms with E-state index in [1.807, 2.05) is 0 Å². The van der Waals surface area contributed by atoms with Crippen LogP contribution < -0.4 is 0 Å². The molecule has 0 amide bonds. The second kappa shape index (κ2) is 3.93. The predicted octanol–water partition coefficient (Wildman–Crippen LogP) is -1.21. The molecule has 0 aromatic rings. The van der Waals surface area contributed by atoms with E-state index in [2.05, 4.69) is 12.6 Å². The lowest BCUT2D eigenvalue weighted by molar-refractivity contribution is -0.210. The lowest BCUT2D eigenvalue weighted by atomic mass is 9.97. The Morgan fingerprint density at radius 2 is 1.75 bits per heavy atom. The molecule has 0 radical (unpaired) electrons. The van der Waals surface area contributed by atoms with Crippen LogP contribution in [-0.2, 0) is 4.74 Å². The molecule has 0 aliphatic carbocycles. The Hall–Kier alpha value is 0.190. The van der Waals surface area contributed by atoms with Crippen molar-refractivity contribution in [3.05, 3.63) is 0 Å². The topological polar surface area (TPSA) is 69.9 Å². The second-order valence-corrected chi connectivity index (χ2v) is 3.40. The molecule has 0 spiro atoms. The molecular weight excluding hydrogens is 180 g/mol. The Kier molecular flexibility index (Phi) is 3.37. The summed E-state index contributed by atoms with van der Waals surface area (Å²) in [7, 11) is 0. The van der Waals surface area contributed by atoms with E-state index in [0.29, 0.717) is 5.75 Å². The van der Waals surface area contributed by atoms with Crippen molar-refractivity contribution in [2.24, 2.45) is 0 Å². The summed E-state index contributed by atoms with van der Waals surface area (Å²) in [6, 6.07) is 0. The first-order chi connectivity index (χ1) is 5.57. The highest BCUT2D eigenvalue weighted by molar-refractivity contribution is 7.80. The van der Waals surface area contributed by atoms with E-state index < -0.39 is 30.5 Å². The lowest BCUT2D eigenvalue weighted by Crippen LogP contribution is -2.57. The van der Waals surface area contributed by atoms with E-state index in [4.69, 9.17) is 4.74 Å². The average Bonchev–Trinajstić information content (AvgIpc) is 2.08. The number of aliphatic hydroxyl groups is 3. The van der Waals surface area contributed by atoms with Gasteiger partial charge in [0.15, 0.2) is 0 Å². The van der Waals surface area contributed by atoms with E-state index in [0.717, 1.165) is 0 Å². The van der Waals surface area contributed by atoms with E-state index in [9.17, 15) is 15.3 Å². The molecule has 3 N–H and O–H groups in total. The highest BCUT2D eigenvalue weighted by Gasteiger charge is 2.40. The van der Waals surface area contributed by atoms with Gasteiger partial charge in [-0.15, -0.1) is 0 Å². The number of ether oxygens (including phenoxy) is 1. The molecule has 0 saturated carbocycles. The van der Waals surface area contributed by atoms with Gasteiger partial charge in [0.05, 0.1) is 12.2 Å². The molecule has 72 valence electrons. The van der Waals surface area contributed by atoms with Gasteiger partial charge in [0, 0.05) is 5.75 Å². The minimum atomic E-state index is -1.13. The molecule has 1 rings (SSSR count). The number of rotatable bonds is 1. The third kappa shape index (κ3) is 1.75.